The smallest absolute Gasteiger partial charge is 0.0954 e. The summed E-state index contributed by atoms with van der Waals surface area (Å²) >= 11 is 0. The Balaban J connectivity index is 2.03. The van der Waals surface area contributed by atoms with Gasteiger partial charge < -0.3 is 5.11 Å². The molecule has 1 N–H and O–H groups in total. The van der Waals surface area contributed by atoms with E-state index in [2.05, 4.69) is 34.5 Å². The van der Waals surface area contributed by atoms with Crippen molar-refractivity contribution < 1.29 is 5.11 Å². The summed E-state index contributed by atoms with van der Waals surface area (Å²) < 4.78 is 0. The molecule has 0 aromatic heterocycles. The maximum Gasteiger partial charge on any atom is 0.0954 e. The van der Waals surface area contributed by atoms with E-state index in [-0.39, 0.29) is 6.61 Å². The van der Waals surface area contributed by atoms with E-state index >= 15 is 0 Å². The second-order valence-corrected chi connectivity index (χ2v) is 4.00. The summed E-state index contributed by atoms with van der Waals surface area (Å²) in [6, 6.07) is 4.21. The monoisotopic (exact) mass is 212 g/mol. The van der Waals surface area contributed by atoms with Crippen LogP contribution < -0.4 is 10.6 Å². The van der Waals surface area contributed by atoms with E-state index in [1.165, 1.54) is 10.8 Å². The number of aliphatic hydroxyl groups is 1. The maximum atomic E-state index is 8.83. The van der Waals surface area contributed by atoms with Crippen molar-refractivity contribution in [2.45, 2.75) is 12.8 Å². The lowest BCUT2D eigenvalue weighted by Crippen LogP contribution is -2.18. The Morgan fingerprint density at radius 2 is 2.12 bits per heavy atom. The third kappa shape index (κ3) is 1.41. The van der Waals surface area contributed by atoms with E-state index in [0.29, 0.717) is 0 Å². The van der Waals surface area contributed by atoms with Crippen molar-refractivity contribution in [1.82, 2.24) is 0 Å². The minimum Gasteiger partial charge on any atom is -0.396 e. The average Bonchev–Trinajstić information content (AvgIpc) is 2.89. The Kier molecular flexibility index (Phi) is 2.18. The molecule has 0 bridgehead atoms. The Hall–Kier alpha value is -1.74. The van der Waals surface area contributed by atoms with Crippen LogP contribution in [0.5, 0.6) is 0 Å². The molecule has 80 valence electrons. The van der Waals surface area contributed by atoms with Crippen molar-refractivity contribution in [2.24, 2.45) is 10.2 Å². The normalized spacial score (nSPS) is 15.2. The van der Waals surface area contributed by atoms with E-state index in [9.17, 15) is 0 Å². The third-order valence-electron chi connectivity index (χ3n) is 2.91. The van der Waals surface area contributed by atoms with Crippen LogP contribution in [-0.4, -0.2) is 17.4 Å². The van der Waals surface area contributed by atoms with Gasteiger partial charge in [0.25, 0.3) is 0 Å². The number of aliphatic hydroxyl groups excluding tert-OH is 1. The second kappa shape index (κ2) is 3.68. The van der Waals surface area contributed by atoms with E-state index in [0.717, 1.165) is 29.5 Å². The molecule has 16 heavy (non-hydrogen) atoms. The lowest BCUT2D eigenvalue weighted by atomic mass is 10.0. The van der Waals surface area contributed by atoms with Gasteiger partial charge in [-0.15, -0.1) is 0 Å². The van der Waals surface area contributed by atoms with Crippen molar-refractivity contribution in [2.75, 3.05) is 6.61 Å². The summed E-state index contributed by atoms with van der Waals surface area (Å²) in [6.45, 7) is 0.201. The first-order valence-corrected chi connectivity index (χ1v) is 5.47. The van der Waals surface area contributed by atoms with Crippen LogP contribution in [0.15, 0.2) is 28.4 Å². The van der Waals surface area contributed by atoms with E-state index < -0.39 is 0 Å². The van der Waals surface area contributed by atoms with Crippen LogP contribution in [0, 0.1) is 0 Å². The zero-order valence-corrected chi connectivity index (χ0v) is 8.85. The molecule has 3 heteroatoms. The Bertz CT molecular complexity index is 612. The average molecular weight is 212 g/mol. The molecule has 1 aliphatic heterocycles. The second-order valence-electron chi connectivity index (χ2n) is 4.00. The molecule has 3 nitrogen and oxygen atoms in total. The minimum absolute atomic E-state index is 0.201. The van der Waals surface area contributed by atoms with Gasteiger partial charge in [-0.2, -0.15) is 10.2 Å². The zero-order chi connectivity index (χ0) is 11.0. The first kappa shape index (κ1) is 9.48. The van der Waals surface area contributed by atoms with Crippen molar-refractivity contribution >= 4 is 17.9 Å². The van der Waals surface area contributed by atoms with Crippen LogP contribution in [0.3, 0.4) is 0 Å². The molecule has 1 aromatic rings. The van der Waals surface area contributed by atoms with Crippen LogP contribution in [0.4, 0.5) is 0 Å². The first-order chi connectivity index (χ1) is 7.88. The van der Waals surface area contributed by atoms with Gasteiger partial charge >= 0.3 is 0 Å². The molecular formula is C13H12N2O. The van der Waals surface area contributed by atoms with E-state index in [4.69, 9.17) is 5.11 Å². The van der Waals surface area contributed by atoms with Crippen molar-refractivity contribution in [3.05, 3.63) is 39.9 Å². The number of fused-ring (bicyclic) bond motifs is 2. The highest BCUT2D eigenvalue weighted by Gasteiger charge is 2.13. The van der Waals surface area contributed by atoms with E-state index in [1.807, 2.05) is 6.08 Å². The number of hydrogen-bond donors (Lipinski definition) is 1. The fraction of sp³-hybridized carbons (Fsp3) is 0.231. The third-order valence-corrected chi connectivity index (χ3v) is 2.91. The molecule has 0 atom stereocenters. The van der Waals surface area contributed by atoms with Crippen LogP contribution in [0.2, 0.25) is 0 Å². The van der Waals surface area contributed by atoms with Crippen LogP contribution in [-0.2, 0) is 0 Å². The van der Waals surface area contributed by atoms with Gasteiger partial charge in [0, 0.05) is 12.2 Å². The standard InChI is InChI=1S/C13H12N2O/c16-6-2-5-12-11-7-9-3-1-4-10(9)8-13(11)15-14-12/h1,3-4,7-8,16H,2,5-6H2. The molecule has 0 fully saturated rings. The fourth-order valence-corrected chi connectivity index (χ4v) is 2.08. The predicted molar refractivity (Wildman–Crippen MR) is 63.6 cm³/mol. The number of allylic oxidation sites excluding steroid dienone is 1. The number of hydrogen-bond acceptors (Lipinski definition) is 3. The van der Waals surface area contributed by atoms with Gasteiger partial charge in [0.15, 0.2) is 0 Å². The Morgan fingerprint density at radius 3 is 3.00 bits per heavy atom. The Morgan fingerprint density at radius 1 is 1.19 bits per heavy atom. The van der Waals surface area contributed by atoms with Gasteiger partial charge in [0.2, 0.25) is 0 Å². The summed E-state index contributed by atoms with van der Waals surface area (Å²) in [7, 11) is 0. The highest BCUT2D eigenvalue weighted by Crippen LogP contribution is 2.09. The van der Waals surface area contributed by atoms with Crippen LogP contribution >= 0.6 is 0 Å². The first-order valence-electron chi connectivity index (χ1n) is 5.47. The SMILES string of the molecule is OCCCC1=NN=c2cc3c(cc21)=CC=C3. The highest BCUT2D eigenvalue weighted by molar-refractivity contribution is 6.01. The molecule has 3 rings (SSSR count). The van der Waals surface area contributed by atoms with Crippen molar-refractivity contribution in [3.8, 4) is 0 Å². The molecule has 0 amide bonds. The number of rotatable bonds is 3. The molecule has 0 radical (unpaired) electrons. The van der Waals surface area contributed by atoms with Crippen LogP contribution in [0.1, 0.15) is 24.0 Å². The molecule has 0 saturated carbocycles. The van der Waals surface area contributed by atoms with Gasteiger partial charge in [0.05, 0.1) is 11.1 Å². The summed E-state index contributed by atoms with van der Waals surface area (Å²) in [4.78, 5) is 0. The number of benzene rings is 1. The topological polar surface area (TPSA) is 45.0 Å². The van der Waals surface area contributed by atoms with Gasteiger partial charge in [-0.05, 0) is 35.8 Å². The summed E-state index contributed by atoms with van der Waals surface area (Å²) in [5.41, 5.74) is 3.32. The summed E-state index contributed by atoms with van der Waals surface area (Å²) in [5.74, 6) is 0. The zero-order valence-electron chi connectivity index (χ0n) is 8.85. The molecule has 1 heterocycles. The summed E-state index contributed by atoms with van der Waals surface area (Å²) in [5, 5.41) is 19.4. The quantitative estimate of drug-likeness (QED) is 0.783. The largest absolute Gasteiger partial charge is 0.396 e. The van der Waals surface area contributed by atoms with Crippen LogP contribution in [0.25, 0.3) is 12.2 Å². The molecule has 0 saturated heterocycles. The predicted octanol–water partition coefficient (Wildman–Crippen LogP) is 0.604. The lowest BCUT2D eigenvalue weighted by Gasteiger charge is -2.00. The highest BCUT2D eigenvalue weighted by atomic mass is 16.2. The van der Waals surface area contributed by atoms with Gasteiger partial charge in [-0.25, -0.2) is 0 Å². The summed E-state index contributed by atoms with van der Waals surface area (Å²) in [6.07, 6.45) is 7.75. The number of nitrogens with zero attached hydrogens (tertiary/aromatic N) is 2. The van der Waals surface area contributed by atoms with E-state index in [1.54, 1.807) is 0 Å². The molecule has 1 aromatic carbocycles. The Labute approximate surface area is 93.2 Å². The minimum atomic E-state index is 0.201. The lowest BCUT2D eigenvalue weighted by molar-refractivity contribution is 0.291. The molecule has 1 aliphatic carbocycles. The van der Waals surface area contributed by atoms with Crippen molar-refractivity contribution in [3.63, 3.8) is 0 Å². The van der Waals surface area contributed by atoms with Gasteiger partial charge in [0.1, 0.15) is 0 Å². The maximum absolute atomic E-state index is 8.83. The van der Waals surface area contributed by atoms with Crippen molar-refractivity contribution in [1.29, 1.82) is 0 Å². The molecular weight excluding hydrogens is 200 g/mol. The molecule has 0 unspecified atom stereocenters. The fourth-order valence-electron chi connectivity index (χ4n) is 2.08. The molecule has 2 aliphatic rings. The molecule has 0 spiro atoms. The van der Waals surface area contributed by atoms with Gasteiger partial charge in [-0.3, -0.25) is 0 Å². The van der Waals surface area contributed by atoms with Gasteiger partial charge in [-0.1, -0.05) is 18.2 Å².